The summed E-state index contributed by atoms with van der Waals surface area (Å²) >= 11 is 1.55. The van der Waals surface area contributed by atoms with E-state index in [9.17, 15) is 24.2 Å². The van der Waals surface area contributed by atoms with Gasteiger partial charge in [-0.15, -0.1) is 11.3 Å². The smallest absolute Gasteiger partial charge is 0.309 e. The maximum atomic E-state index is 14.5. The molecule has 9 heteroatoms. The molecule has 2 N–H and O–H groups in total. The first-order chi connectivity index (χ1) is 16.4. The minimum Gasteiger partial charge on any atom is -0.457 e. The third kappa shape index (κ3) is 6.52. The Hall–Kier alpha value is -2.20. The van der Waals surface area contributed by atoms with Gasteiger partial charge in [-0.2, -0.15) is 0 Å². The summed E-state index contributed by atoms with van der Waals surface area (Å²) in [5, 5.41) is 22.3. The fraction of sp³-hybridized carbons (Fsp3) is 0.577. The Labute approximate surface area is 209 Å². The number of aromatic nitrogens is 1. The molecule has 5 atom stereocenters. The van der Waals surface area contributed by atoms with Crippen molar-refractivity contribution in [1.29, 1.82) is 0 Å². The molecule has 35 heavy (non-hydrogen) atoms. The van der Waals surface area contributed by atoms with Gasteiger partial charge >= 0.3 is 5.97 Å². The van der Waals surface area contributed by atoms with Crippen molar-refractivity contribution in [2.45, 2.75) is 65.8 Å². The minimum absolute atomic E-state index is 0.0568. The normalized spacial score (nSPS) is 31.1. The van der Waals surface area contributed by atoms with Gasteiger partial charge in [0.15, 0.2) is 0 Å². The lowest BCUT2D eigenvalue weighted by Gasteiger charge is -2.34. The molecular formula is C26H34FNO6S. The summed E-state index contributed by atoms with van der Waals surface area (Å²) in [7, 11) is 0. The van der Waals surface area contributed by atoms with Gasteiger partial charge in [-0.05, 0) is 30.7 Å². The van der Waals surface area contributed by atoms with Crippen LogP contribution in [0.3, 0.4) is 0 Å². The molecule has 0 fully saturated rings. The van der Waals surface area contributed by atoms with Gasteiger partial charge in [0, 0.05) is 18.3 Å². The van der Waals surface area contributed by atoms with E-state index in [0.717, 1.165) is 15.2 Å². The molecule has 0 bridgehead atoms. The summed E-state index contributed by atoms with van der Waals surface area (Å²) < 4.78 is 26.6. The summed E-state index contributed by atoms with van der Waals surface area (Å²) in [5.74, 6) is -2.87. The van der Waals surface area contributed by atoms with Crippen LogP contribution in [0.5, 0.6) is 0 Å². The van der Waals surface area contributed by atoms with E-state index >= 15 is 0 Å². The number of thiazole rings is 1. The second-order valence-electron chi connectivity index (χ2n) is 9.90. The molecule has 192 valence electrons. The molecule has 0 amide bonds. The Kier molecular flexibility index (Phi) is 8.80. The van der Waals surface area contributed by atoms with Crippen molar-refractivity contribution in [3.05, 3.63) is 40.7 Å². The lowest BCUT2D eigenvalue weighted by molar-refractivity contribution is -0.156. The molecule has 2 aromatic rings. The first kappa shape index (κ1) is 27.4. The summed E-state index contributed by atoms with van der Waals surface area (Å²) in [5.41, 5.74) is 0.113. The second kappa shape index (κ2) is 11.2. The number of halogens is 1. The van der Waals surface area contributed by atoms with E-state index in [4.69, 9.17) is 9.47 Å². The molecule has 1 aromatic heterocycles. The highest BCUT2D eigenvalue weighted by atomic mass is 32.1. The van der Waals surface area contributed by atoms with Gasteiger partial charge in [0.2, 0.25) is 0 Å². The van der Waals surface area contributed by atoms with Gasteiger partial charge in [0.25, 0.3) is 0 Å². The number of rotatable bonds is 1. The first-order valence-corrected chi connectivity index (χ1v) is 12.6. The number of benzene rings is 1. The van der Waals surface area contributed by atoms with E-state index in [1.165, 1.54) is 6.08 Å². The number of esters is 1. The van der Waals surface area contributed by atoms with Gasteiger partial charge in [0.1, 0.15) is 17.7 Å². The van der Waals surface area contributed by atoms with Crippen LogP contribution in [0.1, 0.15) is 57.2 Å². The van der Waals surface area contributed by atoms with Crippen molar-refractivity contribution in [3.8, 4) is 0 Å². The van der Waals surface area contributed by atoms with Crippen molar-refractivity contribution in [2.24, 2.45) is 17.3 Å². The molecular weight excluding hydrogens is 473 g/mol. The summed E-state index contributed by atoms with van der Waals surface area (Å²) in [6, 6.07) is 5.51. The average molecular weight is 508 g/mol. The first-order valence-electron chi connectivity index (χ1n) is 11.8. The van der Waals surface area contributed by atoms with Gasteiger partial charge < -0.3 is 19.7 Å². The fourth-order valence-electron chi connectivity index (χ4n) is 4.27. The topological polar surface area (TPSA) is 106 Å². The van der Waals surface area contributed by atoms with Crippen molar-refractivity contribution in [3.63, 3.8) is 0 Å². The predicted octanol–water partition coefficient (Wildman–Crippen LogP) is 4.44. The largest absolute Gasteiger partial charge is 0.457 e. The Bertz CT molecular complexity index is 1100. The number of ether oxygens (including phenoxy) is 2. The van der Waals surface area contributed by atoms with Gasteiger partial charge in [0.05, 0.1) is 52.5 Å². The molecule has 2 heterocycles. The van der Waals surface area contributed by atoms with E-state index in [1.807, 2.05) is 25.1 Å². The highest BCUT2D eigenvalue weighted by Crippen LogP contribution is 2.33. The molecule has 0 spiro atoms. The molecule has 1 aliphatic rings. The van der Waals surface area contributed by atoms with E-state index < -0.39 is 53.8 Å². The van der Waals surface area contributed by atoms with Crippen LogP contribution in [-0.4, -0.2) is 52.4 Å². The zero-order chi connectivity index (χ0) is 25.9. The third-order valence-electron chi connectivity index (χ3n) is 6.68. The number of carbonyl (C=O) groups excluding carboxylic acids is 2. The number of Topliss-reactive ketones (excluding diaryl/α,β-unsaturated/α-hetero) is 1. The Morgan fingerprint density at radius 1 is 1.20 bits per heavy atom. The van der Waals surface area contributed by atoms with Crippen molar-refractivity contribution < 1.29 is 33.7 Å². The maximum absolute atomic E-state index is 14.5. The van der Waals surface area contributed by atoms with Gasteiger partial charge in [-0.3, -0.25) is 9.59 Å². The Morgan fingerprint density at radius 3 is 2.63 bits per heavy atom. The molecule has 1 aromatic carbocycles. The summed E-state index contributed by atoms with van der Waals surface area (Å²) in [6.07, 6.45) is -2.22. The number of carbonyl (C=O) groups is 2. The number of nitrogens with zero attached hydrogens (tertiary/aromatic N) is 1. The predicted molar refractivity (Wildman–Crippen MR) is 132 cm³/mol. The Balaban J connectivity index is 1.91. The zero-order valence-corrected chi connectivity index (χ0v) is 21.6. The highest BCUT2D eigenvalue weighted by Gasteiger charge is 2.42. The zero-order valence-electron chi connectivity index (χ0n) is 20.8. The van der Waals surface area contributed by atoms with Crippen molar-refractivity contribution in [2.75, 3.05) is 13.2 Å². The highest BCUT2D eigenvalue weighted by molar-refractivity contribution is 7.18. The van der Waals surface area contributed by atoms with Crippen molar-refractivity contribution in [1.82, 2.24) is 4.98 Å². The van der Waals surface area contributed by atoms with E-state index in [-0.39, 0.29) is 25.4 Å². The molecule has 0 saturated heterocycles. The van der Waals surface area contributed by atoms with Crippen LogP contribution in [0.25, 0.3) is 10.2 Å². The number of fused-ring (bicyclic) bond motifs is 1. The average Bonchev–Trinajstić information content (AvgIpc) is 3.18. The number of hydrogen-bond acceptors (Lipinski definition) is 8. The standard InChI is InChI=1S/C26H34FNO6S/c1-14-12-33-13-18(27)7-8-20(17-6-9-21-19(10-17)28-16(3)35-21)34-23(30)11-22(29)26(4,5)25(32)15(2)24(14)31/h6-7,9-10,14-15,20,22,24,29,31H,8,11-13H2,1-5H3/b18-7+/t14-,15-,20-,22-,24-/m0/s1. The lowest BCUT2D eigenvalue weighted by Crippen LogP contribution is -2.46. The van der Waals surface area contributed by atoms with E-state index in [2.05, 4.69) is 4.98 Å². The maximum Gasteiger partial charge on any atom is 0.309 e. The fourth-order valence-corrected chi connectivity index (χ4v) is 5.07. The van der Waals surface area contributed by atoms with Crippen LogP contribution >= 0.6 is 11.3 Å². The number of cyclic esters (lactones) is 1. The van der Waals surface area contributed by atoms with Crippen LogP contribution < -0.4 is 0 Å². The van der Waals surface area contributed by atoms with Crippen LogP contribution in [0, 0.1) is 24.2 Å². The molecule has 3 rings (SSSR count). The van der Waals surface area contributed by atoms with E-state index in [1.54, 1.807) is 39.0 Å². The quantitative estimate of drug-likeness (QED) is 0.550. The molecule has 1 aliphatic heterocycles. The second-order valence-corrected chi connectivity index (χ2v) is 11.1. The van der Waals surface area contributed by atoms with Crippen LogP contribution in [0.4, 0.5) is 4.39 Å². The third-order valence-corrected chi connectivity index (χ3v) is 7.63. The SMILES string of the molecule is Cc1nc2cc([C@@H]3C/C=C(/F)COC[C@H](C)[C@H](O)[C@H](C)C(=O)C(C)(C)[C@@H](O)CC(=O)O3)ccc2s1. The van der Waals surface area contributed by atoms with Crippen LogP contribution in [-0.2, 0) is 19.1 Å². The van der Waals surface area contributed by atoms with Crippen molar-refractivity contribution >= 4 is 33.3 Å². The minimum atomic E-state index is -1.33. The number of aliphatic hydroxyl groups excluding tert-OH is 2. The summed E-state index contributed by atoms with van der Waals surface area (Å²) in [4.78, 5) is 30.4. The number of ketones is 1. The van der Waals surface area contributed by atoms with Crippen LogP contribution in [0.2, 0.25) is 0 Å². The number of aryl methyl sites for hydroxylation is 1. The van der Waals surface area contributed by atoms with E-state index in [0.29, 0.717) is 5.56 Å². The van der Waals surface area contributed by atoms with Gasteiger partial charge in [-0.25, -0.2) is 9.37 Å². The van der Waals surface area contributed by atoms with Crippen LogP contribution in [0.15, 0.2) is 30.1 Å². The molecule has 7 nitrogen and oxygen atoms in total. The lowest BCUT2D eigenvalue weighted by atomic mass is 9.73. The molecule has 0 radical (unpaired) electrons. The molecule has 0 unspecified atom stereocenters. The number of hydrogen-bond donors (Lipinski definition) is 2. The summed E-state index contributed by atoms with van der Waals surface area (Å²) in [6.45, 7) is 8.05. The Morgan fingerprint density at radius 2 is 1.91 bits per heavy atom. The monoisotopic (exact) mass is 507 g/mol. The molecule has 0 aliphatic carbocycles. The molecule has 0 saturated carbocycles. The number of aliphatic hydroxyl groups is 2. The van der Waals surface area contributed by atoms with Gasteiger partial charge in [-0.1, -0.05) is 33.8 Å².